The van der Waals surface area contributed by atoms with Crippen LogP contribution >= 0.6 is 0 Å². The van der Waals surface area contributed by atoms with Gasteiger partial charge in [0.25, 0.3) is 0 Å². The monoisotopic (exact) mass is 147 g/mol. The summed E-state index contributed by atoms with van der Waals surface area (Å²) in [5, 5.41) is 8.07. The van der Waals surface area contributed by atoms with E-state index in [4.69, 9.17) is 5.11 Å². The fraction of sp³-hybridized carbons (Fsp3) is 0.857. The van der Waals surface area contributed by atoms with Gasteiger partial charge in [0.05, 0.1) is 0 Å². The predicted molar refractivity (Wildman–Crippen MR) is 41.5 cm³/mol. The molecule has 0 atom stereocenters. The number of rotatable bonds is 3. The minimum absolute atomic E-state index is 0.245. The second-order valence-electron chi connectivity index (χ2n) is 1.90. The van der Waals surface area contributed by atoms with Crippen molar-refractivity contribution in [2.24, 2.45) is 5.73 Å². The number of unbranched alkanes of at least 4 members (excludes halogenated alkanes) is 1. The largest absolute Gasteiger partial charge is 0.396 e. The second kappa shape index (κ2) is 11.3. The van der Waals surface area contributed by atoms with Crippen molar-refractivity contribution in [1.29, 1.82) is 0 Å². The first-order valence-electron chi connectivity index (χ1n) is 3.58. The number of nitrogens with two attached hydrogens (primary N) is 1. The fourth-order valence-electron chi connectivity index (χ4n) is 0.158. The fourth-order valence-corrected chi connectivity index (χ4v) is 0.158. The van der Waals surface area contributed by atoms with Crippen molar-refractivity contribution in [2.75, 3.05) is 6.61 Å². The van der Waals surface area contributed by atoms with Crippen molar-refractivity contribution >= 4 is 5.91 Å². The molecule has 3 nitrogen and oxygen atoms in total. The number of aliphatic hydroxyl groups is 1. The highest BCUT2D eigenvalue weighted by Gasteiger charge is 1.77. The van der Waals surface area contributed by atoms with Gasteiger partial charge in [-0.15, -0.1) is 0 Å². The lowest BCUT2D eigenvalue weighted by Gasteiger charge is -1.79. The molecule has 0 aromatic rings. The molecular weight excluding hydrogens is 130 g/mol. The molecule has 0 rings (SSSR count). The van der Waals surface area contributed by atoms with E-state index in [0.29, 0.717) is 13.0 Å². The Morgan fingerprint density at radius 3 is 1.90 bits per heavy atom. The third-order valence-corrected chi connectivity index (χ3v) is 0.860. The van der Waals surface area contributed by atoms with E-state index in [9.17, 15) is 4.79 Å². The van der Waals surface area contributed by atoms with Crippen molar-refractivity contribution in [2.45, 2.75) is 33.1 Å². The van der Waals surface area contributed by atoms with E-state index in [1.54, 1.807) is 6.92 Å². The molecule has 0 heterocycles. The zero-order valence-corrected chi connectivity index (χ0v) is 6.76. The SMILES string of the molecule is CCC(N)=O.CCCCO. The van der Waals surface area contributed by atoms with E-state index in [1.807, 2.05) is 0 Å². The van der Waals surface area contributed by atoms with Crippen LogP contribution in [0.5, 0.6) is 0 Å². The lowest BCUT2D eigenvalue weighted by molar-refractivity contribution is -0.117. The maximum absolute atomic E-state index is 9.59. The minimum Gasteiger partial charge on any atom is -0.396 e. The molecule has 0 radical (unpaired) electrons. The number of carbonyl (C=O) groups excluding carboxylic acids is 1. The zero-order valence-electron chi connectivity index (χ0n) is 6.76. The van der Waals surface area contributed by atoms with Crippen LogP contribution in [0.25, 0.3) is 0 Å². The van der Waals surface area contributed by atoms with Gasteiger partial charge < -0.3 is 10.8 Å². The summed E-state index contributed by atoms with van der Waals surface area (Å²) in [5.74, 6) is -0.245. The molecule has 0 saturated heterocycles. The van der Waals surface area contributed by atoms with Gasteiger partial charge in [0.2, 0.25) is 5.91 Å². The molecule has 0 aromatic heterocycles. The molecule has 0 aliphatic carbocycles. The average molecular weight is 147 g/mol. The molecule has 0 bridgehead atoms. The Morgan fingerprint density at radius 1 is 1.50 bits per heavy atom. The summed E-state index contributed by atoms with van der Waals surface area (Å²) in [4.78, 5) is 9.59. The Bertz CT molecular complexity index is 72.0. The first kappa shape index (κ1) is 12.1. The first-order chi connectivity index (χ1) is 4.68. The zero-order chi connectivity index (χ0) is 8.41. The Morgan fingerprint density at radius 2 is 1.90 bits per heavy atom. The number of primary amides is 1. The van der Waals surface area contributed by atoms with Crippen molar-refractivity contribution in [3.63, 3.8) is 0 Å². The number of aliphatic hydroxyl groups excluding tert-OH is 1. The van der Waals surface area contributed by atoms with E-state index in [2.05, 4.69) is 12.7 Å². The highest BCUT2D eigenvalue weighted by atomic mass is 16.2. The van der Waals surface area contributed by atoms with Crippen LogP contribution in [0.15, 0.2) is 0 Å². The van der Waals surface area contributed by atoms with Crippen LogP contribution in [0, 0.1) is 0 Å². The van der Waals surface area contributed by atoms with Crippen molar-refractivity contribution in [1.82, 2.24) is 0 Å². The number of carbonyl (C=O) groups is 1. The van der Waals surface area contributed by atoms with Gasteiger partial charge in [-0.2, -0.15) is 0 Å². The van der Waals surface area contributed by atoms with Crippen molar-refractivity contribution in [3.05, 3.63) is 0 Å². The molecule has 0 aromatic carbocycles. The lowest BCUT2D eigenvalue weighted by Crippen LogP contribution is -2.06. The lowest BCUT2D eigenvalue weighted by atomic mass is 10.4. The molecule has 62 valence electrons. The molecule has 10 heavy (non-hydrogen) atoms. The van der Waals surface area contributed by atoms with Gasteiger partial charge in [-0.25, -0.2) is 0 Å². The third kappa shape index (κ3) is 26.1. The van der Waals surface area contributed by atoms with E-state index < -0.39 is 0 Å². The molecule has 0 unspecified atom stereocenters. The summed E-state index contributed by atoms with van der Waals surface area (Å²) >= 11 is 0. The van der Waals surface area contributed by atoms with Crippen LogP contribution in [0.2, 0.25) is 0 Å². The molecule has 0 aliphatic rings. The van der Waals surface area contributed by atoms with Gasteiger partial charge in [0, 0.05) is 13.0 Å². The quantitative estimate of drug-likeness (QED) is 0.616. The van der Waals surface area contributed by atoms with Gasteiger partial charge in [0.1, 0.15) is 0 Å². The molecule has 1 amide bonds. The van der Waals surface area contributed by atoms with E-state index >= 15 is 0 Å². The molecule has 0 aliphatic heterocycles. The summed E-state index contributed by atoms with van der Waals surface area (Å²) < 4.78 is 0. The Kier molecular flexibility index (Phi) is 13.7. The minimum atomic E-state index is -0.245. The van der Waals surface area contributed by atoms with Crippen molar-refractivity contribution < 1.29 is 9.90 Å². The van der Waals surface area contributed by atoms with Crippen molar-refractivity contribution in [3.8, 4) is 0 Å². The van der Waals surface area contributed by atoms with Gasteiger partial charge in [-0.05, 0) is 6.42 Å². The number of hydrogen-bond acceptors (Lipinski definition) is 2. The van der Waals surface area contributed by atoms with E-state index in [0.717, 1.165) is 12.8 Å². The molecule has 0 saturated carbocycles. The van der Waals surface area contributed by atoms with Gasteiger partial charge in [0.15, 0.2) is 0 Å². The normalized spacial score (nSPS) is 7.90. The third-order valence-electron chi connectivity index (χ3n) is 0.860. The highest BCUT2D eigenvalue weighted by Crippen LogP contribution is 1.78. The van der Waals surface area contributed by atoms with E-state index in [-0.39, 0.29) is 5.91 Å². The van der Waals surface area contributed by atoms with Crippen LogP contribution in [-0.4, -0.2) is 17.6 Å². The Hall–Kier alpha value is -0.570. The smallest absolute Gasteiger partial charge is 0.217 e. The molecule has 3 heteroatoms. The predicted octanol–water partition coefficient (Wildman–Crippen LogP) is 0.661. The van der Waals surface area contributed by atoms with Crippen LogP contribution in [0.4, 0.5) is 0 Å². The number of amides is 1. The Balaban J connectivity index is 0. The molecule has 0 spiro atoms. The molecule has 3 N–H and O–H groups in total. The summed E-state index contributed by atoms with van der Waals surface area (Å²) in [7, 11) is 0. The standard InChI is InChI=1S/C4H10O.C3H7NO/c1-2-3-4-5;1-2-3(4)5/h5H,2-4H2,1H3;2H2,1H3,(H2,4,5). The number of hydrogen-bond donors (Lipinski definition) is 2. The molecular formula is C7H17NO2. The maximum atomic E-state index is 9.59. The molecule has 0 fully saturated rings. The maximum Gasteiger partial charge on any atom is 0.217 e. The van der Waals surface area contributed by atoms with Crippen LogP contribution in [-0.2, 0) is 4.79 Å². The van der Waals surface area contributed by atoms with E-state index in [1.165, 1.54) is 0 Å². The summed E-state index contributed by atoms with van der Waals surface area (Å²) in [5.41, 5.74) is 4.65. The Labute approximate surface area is 62.2 Å². The van der Waals surface area contributed by atoms with Crippen LogP contribution < -0.4 is 5.73 Å². The topological polar surface area (TPSA) is 63.3 Å². The van der Waals surface area contributed by atoms with Gasteiger partial charge >= 0.3 is 0 Å². The van der Waals surface area contributed by atoms with Gasteiger partial charge in [-0.1, -0.05) is 20.3 Å². The second-order valence-corrected chi connectivity index (χ2v) is 1.90. The van der Waals surface area contributed by atoms with Gasteiger partial charge in [-0.3, -0.25) is 4.79 Å². The van der Waals surface area contributed by atoms with Crippen LogP contribution in [0.3, 0.4) is 0 Å². The summed E-state index contributed by atoms with van der Waals surface area (Å²) in [6.45, 7) is 4.12. The average Bonchev–Trinajstić information content (AvgIpc) is 1.91. The van der Waals surface area contributed by atoms with Crippen LogP contribution in [0.1, 0.15) is 33.1 Å². The summed E-state index contributed by atoms with van der Waals surface area (Å²) in [6.07, 6.45) is 2.48. The summed E-state index contributed by atoms with van der Waals surface area (Å²) in [6, 6.07) is 0. The first-order valence-corrected chi connectivity index (χ1v) is 3.58. The highest BCUT2D eigenvalue weighted by molar-refractivity contribution is 5.73.